The Morgan fingerprint density at radius 3 is 1.80 bits per heavy atom. The van der Waals surface area contributed by atoms with E-state index >= 15 is 0 Å². The number of ketones is 1. The fourth-order valence-corrected chi connectivity index (χ4v) is 2.67. The number of benzene rings is 2. The van der Waals surface area contributed by atoms with Crippen LogP contribution in [0.25, 0.3) is 6.08 Å². The van der Waals surface area contributed by atoms with Crippen LogP contribution in [0.1, 0.15) is 64.4 Å². The van der Waals surface area contributed by atoms with E-state index in [4.69, 9.17) is 14.2 Å². The molecule has 2 rings (SSSR count). The van der Waals surface area contributed by atoms with Crippen LogP contribution >= 0.6 is 0 Å². The minimum Gasteiger partial charge on any atom is -0.487 e. The second-order valence-electron chi connectivity index (χ2n) is 9.12. The van der Waals surface area contributed by atoms with Crippen LogP contribution in [0.3, 0.4) is 0 Å². The molecule has 0 aromatic heterocycles. The van der Waals surface area contributed by atoms with Gasteiger partial charge in [0.15, 0.2) is 5.78 Å². The molecule has 0 radical (unpaired) electrons. The van der Waals surface area contributed by atoms with Crippen molar-refractivity contribution in [2.45, 2.75) is 59.7 Å². The molecule has 0 fully saturated rings. The van der Waals surface area contributed by atoms with E-state index in [9.17, 15) is 4.79 Å². The molecular weight excluding hydrogens is 376 g/mol. The van der Waals surface area contributed by atoms with Crippen LogP contribution in [0, 0.1) is 0 Å². The highest BCUT2D eigenvalue weighted by Crippen LogP contribution is 2.34. The lowest BCUT2D eigenvalue weighted by Crippen LogP contribution is -2.25. The molecule has 2 aromatic carbocycles. The van der Waals surface area contributed by atoms with Crippen molar-refractivity contribution >= 4 is 11.9 Å². The summed E-state index contributed by atoms with van der Waals surface area (Å²) in [5.41, 5.74) is 0.531. The van der Waals surface area contributed by atoms with Crippen molar-refractivity contribution in [1.82, 2.24) is 0 Å². The summed E-state index contributed by atoms with van der Waals surface area (Å²) in [7, 11) is 0. The lowest BCUT2D eigenvalue weighted by Gasteiger charge is -2.26. The molecule has 4 nitrogen and oxygen atoms in total. The number of carbonyl (C=O) groups is 1. The zero-order chi connectivity index (χ0) is 22.5. The summed E-state index contributed by atoms with van der Waals surface area (Å²) in [5.74, 6) is 2.45. The zero-order valence-electron chi connectivity index (χ0n) is 19.0. The fraction of sp³-hybridized carbons (Fsp3) is 0.346. The lowest BCUT2D eigenvalue weighted by molar-refractivity contribution is 0.104. The molecule has 0 bridgehead atoms. The molecule has 0 N–H and O–H groups in total. The summed E-state index contributed by atoms with van der Waals surface area (Å²) >= 11 is 0. The van der Waals surface area contributed by atoms with E-state index in [1.54, 1.807) is 37.3 Å². The molecule has 0 saturated heterocycles. The smallest absolute Gasteiger partial charge is 0.185 e. The van der Waals surface area contributed by atoms with Gasteiger partial charge in [0.2, 0.25) is 0 Å². The largest absolute Gasteiger partial charge is 0.487 e. The van der Waals surface area contributed by atoms with E-state index in [1.165, 1.54) is 6.08 Å². The Bertz CT molecular complexity index is 889. The van der Waals surface area contributed by atoms with Crippen molar-refractivity contribution < 1.29 is 19.0 Å². The first-order valence-electron chi connectivity index (χ1n) is 10.0. The van der Waals surface area contributed by atoms with Gasteiger partial charge in [0.1, 0.15) is 28.5 Å². The molecule has 0 aliphatic rings. The highest BCUT2D eigenvalue weighted by Gasteiger charge is 2.20. The molecule has 0 atom stereocenters. The van der Waals surface area contributed by atoms with Crippen molar-refractivity contribution in [1.29, 1.82) is 0 Å². The standard InChI is InChI=1S/C26H32O4/c1-18(2)28-20-14-12-19(13-15-20)22(27)17-16-21-23(29-25(3,4)5)10-9-11-24(21)30-26(6,7)8/h9-17H,1H2,2-8H3. The van der Waals surface area contributed by atoms with Crippen LogP contribution in [-0.2, 0) is 0 Å². The fourth-order valence-electron chi connectivity index (χ4n) is 2.67. The van der Waals surface area contributed by atoms with Crippen molar-refractivity contribution in [3.05, 3.63) is 72.0 Å². The van der Waals surface area contributed by atoms with Crippen LogP contribution in [0.5, 0.6) is 17.2 Å². The van der Waals surface area contributed by atoms with Crippen molar-refractivity contribution in [3.8, 4) is 17.2 Å². The minimum atomic E-state index is -0.383. The molecule has 0 aliphatic carbocycles. The molecule has 160 valence electrons. The van der Waals surface area contributed by atoms with Crippen LogP contribution in [0.15, 0.2) is 60.9 Å². The van der Waals surface area contributed by atoms with Crippen LogP contribution in [0.2, 0.25) is 0 Å². The molecule has 0 saturated carbocycles. The first-order chi connectivity index (χ1) is 13.8. The second-order valence-corrected chi connectivity index (χ2v) is 9.12. The summed E-state index contributed by atoms with van der Waals surface area (Å²) in [6.45, 7) is 17.4. The Morgan fingerprint density at radius 1 is 0.867 bits per heavy atom. The maximum Gasteiger partial charge on any atom is 0.185 e. The Kier molecular flexibility index (Phi) is 7.14. The van der Waals surface area contributed by atoms with Gasteiger partial charge in [-0.3, -0.25) is 4.79 Å². The average molecular weight is 409 g/mol. The van der Waals surface area contributed by atoms with Gasteiger partial charge in [-0.05, 0) is 97.0 Å². The molecule has 0 amide bonds. The Balaban J connectivity index is 2.35. The molecule has 30 heavy (non-hydrogen) atoms. The third-order valence-electron chi connectivity index (χ3n) is 3.69. The molecule has 0 unspecified atom stereocenters. The molecule has 0 aliphatic heterocycles. The summed E-state index contributed by atoms with van der Waals surface area (Å²) in [6.07, 6.45) is 3.29. The van der Waals surface area contributed by atoms with Crippen LogP contribution < -0.4 is 14.2 Å². The van der Waals surface area contributed by atoms with Crippen molar-refractivity contribution in [3.63, 3.8) is 0 Å². The number of ether oxygens (including phenoxy) is 3. The molecule has 4 heteroatoms. The van der Waals surface area contributed by atoms with Gasteiger partial charge in [-0.15, -0.1) is 0 Å². The van der Waals surface area contributed by atoms with Crippen LogP contribution in [0.4, 0.5) is 0 Å². The quantitative estimate of drug-likeness (QED) is 0.285. The minimum absolute atomic E-state index is 0.121. The van der Waals surface area contributed by atoms with Crippen molar-refractivity contribution in [2.24, 2.45) is 0 Å². The highest BCUT2D eigenvalue weighted by molar-refractivity contribution is 6.07. The van der Waals surface area contributed by atoms with E-state index in [1.807, 2.05) is 59.7 Å². The van der Waals surface area contributed by atoms with E-state index in [-0.39, 0.29) is 17.0 Å². The molecule has 2 aromatic rings. The summed E-state index contributed by atoms with van der Waals surface area (Å²) < 4.78 is 17.7. The first kappa shape index (κ1) is 23.3. The first-order valence-corrected chi connectivity index (χ1v) is 10.0. The average Bonchev–Trinajstić information content (AvgIpc) is 2.58. The van der Waals surface area contributed by atoms with Gasteiger partial charge in [0.05, 0.1) is 11.3 Å². The second kappa shape index (κ2) is 9.21. The van der Waals surface area contributed by atoms with Gasteiger partial charge in [-0.25, -0.2) is 0 Å². The Morgan fingerprint density at radius 2 is 1.37 bits per heavy atom. The zero-order valence-corrected chi connectivity index (χ0v) is 19.0. The van der Waals surface area contributed by atoms with Gasteiger partial charge >= 0.3 is 0 Å². The monoisotopic (exact) mass is 408 g/mol. The number of rotatable bonds is 7. The Labute approximate surface area is 180 Å². The van der Waals surface area contributed by atoms with Crippen molar-refractivity contribution in [2.75, 3.05) is 0 Å². The lowest BCUT2D eigenvalue weighted by atomic mass is 10.1. The predicted molar refractivity (Wildman–Crippen MR) is 122 cm³/mol. The number of carbonyl (C=O) groups excluding carboxylic acids is 1. The summed E-state index contributed by atoms with van der Waals surface area (Å²) in [5, 5.41) is 0. The highest BCUT2D eigenvalue weighted by atomic mass is 16.5. The summed E-state index contributed by atoms with van der Waals surface area (Å²) in [6, 6.07) is 12.6. The van der Waals surface area contributed by atoms with E-state index in [0.717, 1.165) is 5.56 Å². The number of allylic oxidation sites excluding steroid dienone is 2. The SMILES string of the molecule is C=C(C)Oc1ccc(C(=O)C=Cc2c(OC(C)(C)C)cccc2OC(C)(C)C)cc1. The number of hydrogen-bond donors (Lipinski definition) is 0. The third-order valence-corrected chi connectivity index (χ3v) is 3.69. The van der Waals surface area contributed by atoms with Gasteiger partial charge in [0.25, 0.3) is 0 Å². The van der Waals surface area contributed by atoms with E-state index < -0.39 is 0 Å². The predicted octanol–water partition coefficient (Wildman–Crippen LogP) is 6.85. The molecular formula is C26H32O4. The topological polar surface area (TPSA) is 44.8 Å². The normalized spacial score (nSPS) is 12.0. The van der Waals surface area contributed by atoms with Crippen LogP contribution in [-0.4, -0.2) is 17.0 Å². The van der Waals surface area contributed by atoms with Gasteiger partial charge < -0.3 is 14.2 Å². The maximum atomic E-state index is 12.7. The molecule has 0 heterocycles. The molecule has 0 spiro atoms. The summed E-state index contributed by atoms with van der Waals surface area (Å²) in [4.78, 5) is 12.7. The van der Waals surface area contributed by atoms with Gasteiger partial charge in [-0.2, -0.15) is 0 Å². The third kappa shape index (κ3) is 7.43. The van der Waals surface area contributed by atoms with Gasteiger partial charge in [-0.1, -0.05) is 12.6 Å². The van der Waals surface area contributed by atoms with Gasteiger partial charge in [0, 0.05) is 5.56 Å². The Hall–Kier alpha value is -3.01. The number of hydrogen-bond acceptors (Lipinski definition) is 4. The van der Waals surface area contributed by atoms with E-state index in [2.05, 4.69) is 6.58 Å². The maximum absolute atomic E-state index is 12.7. The van der Waals surface area contributed by atoms with E-state index in [0.29, 0.717) is 28.6 Å².